The summed E-state index contributed by atoms with van der Waals surface area (Å²) < 4.78 is 15.6. The molecule has 7 rings (SSSR count). The summed E-state index contributed by atoms with van der Waals surface area (Å²) in [6.07, 6.45) is 3.19. The van der Waals surface area contributed by atoms with Gasteiger partial charge in [0, 0.05) is 39.8 Å². The molecule has 0 saturated carbocycles. The third-order valence-electron chi connectivity index (χ3n) is 6.68. The molecule has 0 bridgehead atoms. The van der Waals surface area contributed by atoms with E-state index in [4.69, 9.17) is 19.0 Å². The summed E-state index contributed by atoms with van der Waals surface area (Å²) in [5.74, 6) is 2.59. The van der Waals surface area contributed by atoms with E-state index in [1.54, 1.807) is 18.3 Å². The highest BCUT2D eigenvalue weighted by molar-refractivity contribution is 7.14. The summed E-state index contributed by atoms with van der Waals surface area (Å²) in [5, 5.41) is 19.6. The lowest BCUT2D eigenvalue weighted by molar-refractivity contribution is 0.425. The number of benzene rings is 3. The maximum absolute atomic E-state index is 5.68. The molecule has 10 nitrogen and oxygen atoms in total. The molecule has 0 fully saturated rings. The fraction of sp³-hybridized carbons (Fsp3) is 0.161. The van der Waals surface area contributed by atoms with E-state index in [1.807, 2.05) is 72.8 Å². The van der Waals surface area contributed by atoms with Crippen LogP contribution in [-0.4, -0.2) is 39.8 Å². The van der Waals surface area contributed by atoms with Crippen molar-refractivity contribution in [2.24, 2.45) is 0 Å². The minimum Gasteiger partial charge on any atom is -0.334 e. The second-order valence-corrected chi connectivity index (χ2v) is 11.7. The lowest BCUT2D eigenvalue weighted by Gasteiger charge is -2.00. The molecule has 3 aromatic carbocycles. The summed E-state index contributed by atoms with van der Waals surface area (Å²) in [6.45, 7) is 3.97. The Labute approximate surface area is 254 Å². The Hall–Kier alpha value is -4.94. The Balaban J connectivity index is 1.11. The molecule has 0 amide bonds. The van der Waals surface area contributed by atoms with Crippen molar-refractivity contribution in [3.05, 3.63) is 83.6 Å². The first kappa shape index (κ1) is 26.9. The van der Waals surface area contributed by atoms with E-state index < -0.39 is 0 Å². The van der Waals surface area contributed by atoms with Crippen molar-refractivity contribution >= 4 is 22.9 Å². The van der Waals surface area contributed by atoms with Gasteiger partial charge in [-0.3, -0.25) is 0 Å². The first-order valence-electron chi connectivity index (χ1n) is 13.8. The van der Waals surface area contributed by atoms with E-state index in [0.29, 0.717) is 29.3 Å². The predicted octanol–water partition coefficient (Wildman–Crippen LogP) is 7.81. The van der Waals surface area contributed by atoms with Crippen LogP contribution in [-0.2, 0) is 6.42 Å². The molecule has 0 atom stereocenters. The van der Waals surface area contributed by atoms with Crippen molar-refractivity contribution in [2.45, 2.75) is 33.1 Å². The van der Waals surface area contributed by atoms with Crippen molar-refractivity contribution in [1.82, 2.24) is 39.8 Å². The van der Waals surface area contributed by atoms with Gasteiger partial charge < -0.3 is 9.05 Å². The molecule has 0 aliphatic rings. The van der Waals surface area contributed by atoms with Crippen LogP contribution < -0.4 is 0 Å². The van der Waals surface area contributed by atoms with Gasteiger partial charge in [0.05, 0.1) is 0 Å². The van der Waals surface area contributed by atoms with Crippen LogP contribution >= 0.6 is 22.9 Å². The second kappa shape index (κ2) is 11.7. The molecule has 0 saturated heterocycles. The van der Waals surface area contributed by atoms with Crippen molar-refractivity contribution in [2.75, 3.05) is 0 Å². The van der Waals surface area contributed by atoms with E-state index >= 15 is 0 Å². The van der Waals surface area contributed by atoms with Gasteiger partial charge in [0.1, 0.15) is 15.0 Å². The van der Waals surface area contributed by atoms with Crippen LogP contribution in [0.4, 0.5) is 0 Å². The molecule has 0 N–H and O–H groups in total. The van der Waals surface area contributed by atoms with Gasteiger partial charge in [0.25, 0.3) is 11.8 Å². The van der Waals surface area contributed by atoms with E-state index in [0.717, 1.165) is 67.7 Å². The highest BCUT2D eigenvalue weighted by Gasteiger charge is 2.16. The molecule has 7 aromatic rings. The maximum Gasteiger partial charge on any atom is 0.258 e. The maximum atomic E-state index is 5.68. The molecule has 12 heteroatoms. The molecule has 0 aliphatic carbocycles. The standard InChI is InChI=1S/C31H24N8O2S2/c1-3-4-14-25-35-36-31(42-25)24-13-6-8-19(16-24)26-33-29(41-38-26)21-10-5-9-20(15-21)27-34-30(43-39-27)23-12-7-11-22(17-23)28-32-18(2)37-40-28/h5-13,15-17H,3-4,14H2,1-2H3. The Morgan fingerprint density at radius 3 is 2.02 bits per heavy atom. The number of unbranched alkanes of at least 4 members (excludes halogenated alkanes) is 1. The lowest BCUT2D eigenvalue weighted by Crippen LogP contribution is -1.85. The molecule has 4 aromatic heterocycles. The van der Waals surface area contributed by atoms with E-state index in [1.165, 1.54) is 11.5 Å². The molecular formula is C31H24N8O2S2. The van der Waals surface area contributed by atoms with Gasteiger partial charge in [-0.05, 0) is 55.2 Å². The van der Waals surface area contributed by atoms with E-state index in [9.17, 15) is 0 Å². The zero-order valence-electron chi connectivity index (χ0n) is 23.3. The van der Waals surface area contributed by atoms with Crippen LogP contribution in [0.15, 0.2) is 81.8 Å². The fourth-order valence-electron chi connectivity index (χ4n) is 4.50. The summed E-state index contributed by atoms with van der Waals surface area (Å²) in [7, 11) is 0. The van der Waals surface area contributed by atoms with Crippen LogP contribution in [0, 0.1) is 6.92 Å². The van der Waals surface area contributed by atoms with Gasteiger partial charge >= 0.3 is 0 Å². The number of hydrogen-bond donors (Lipinski definition) is 0. The molecule has 0 radical (unpaired) electrons. The van der Waals surface area contributed by atoms with Gasteiger partial charge in [-0.1, -0.05) is 77.5 Å². The van der Waals surface area contributed by atoms with Crippen LogP contribution in [0.3, 0.4) is 0 Å². The van der Waals surface area contributed by atoms with E-state index in [2.05, 4.69) is 36.8 Å². The van der Waals surface area contributed by atoms with Gasteiger partial charge in [-0.25, -0.2) is 4.98 Å². The largest absolute Gasteiger partial charge is 0.334 e. The summed E-state index contributed by atoms with van der Waals surface area (Å²) in [6, 6.07) is 23.6. The average Bonchev–Trinajstić information content (AvgIpc) is 3.88. The topological polar surface area (TPSA) is 129 Å². The first-order chi connectivity index (χ1) is 21.1. The van der Waals surface area contributed by atoms with Crippen LogP contribution in [0.2, 0.25) is 0 Å². The van der Waals surface area contributed by atoms with Gasteiger partial charge in [0.15, 0.2) is 11.6 Å². The van der Waals surface area contributed by atoms with Gasteiger partial charge in [0.2, 0.25) is 5.82 Å². The smallest absolute Gasteiger partial charge is 0.258 e. The normalized spacial score (nSPS) is 11.3. The zero-order valence-corrected chi connectivity index (χ0v) is 24.9. The molecule has 0 unspecified atom stereocenters. The molecule has 0 aliphatic heterocycles. The number of hydrogen-bond acceptors (Lipinski definition) is 12. The second-order valence-electron chi connectivity index (χ2n) is 9.84. The quantitative estimate of drug-likeness (QED) is 0.161. The van der Waals surface area contributed by atoms with Crippen molar-refractivity contribution in [3.63, 3.8) is 0 Å². The van der Waals surface area contributed by atoms with Crippen molar-refractivity contribution in [3.8, 4) is 66.8 Å². The van der Waals surface area contributed by atoms with Crippen molar-refractivity contribution < 1.29 is 9.05 Å². The summed E-state index contributed by atoms with van der Waals surface area (Å²) >= 11 is 2.95. The first-order valence-corrected chi connectivity index (χ1v) is 15.3. The molecule has 4 heterocycles. The Morgan fingerprint density at radius 2 is 1.28 bits per heavy atom. The molecule has 43 heavy (non-hydrogen) atoms. The van der Waals surface area contributed by atoms with Gasteiger partial charge in [-0.2, -0.15) is 14.3 Å². The van der Waals surface area contributed by atoms with Crippen LogP contribution in [0.25, 0.3) is 66.8 Å². The van der Waals surface area contributed by atoms with Gasteiger partial charge in [-0.15, -0.1) is 10.2 Å². The monoisotopic (exact) mass is 604 g/mol. The Bertz CT molecular complexity index is 2030. The average molecular weight is 605 g/mol. The third-order valence-corrected chi connectivity index (χ3v) is 8.48. The highest BCUT2D eigenvalue weighted by Crippen LogP contribution is 2.32. The van der Waals surface area contributed by atoms with Crippen LogP contribution in [0.5, 0.6) is 0 Å². The number of nitrogens with zero attached hydrogens (tertiary/aromatic N) is 8. The Kier molecular flexibility index (Phi) is 7.35. The molecule has 0 spiro atoms. The fourth-order valence-corrected chi connectivity index (χ4v) is 6.05. The predicted molar refractivity (Wildman–Crippen MR) is 165 cm³/mol. The summed E-state index contributed by atoms with van der Waals surface area (Å²) in [4.78, 5) is 13.8. The Morgan fingerprint density at radius 1 is 0.651 bits per heavy atom. The molecule has 212 valence electrons. The number of rotatable bonds is 9. The minimum absolute atomic E-state index is 0.415. The zero-order chi connectivity index (χ0) is 29.2. The SMILES string of the molecule is CCCCc1nnc(-c2cccc(-c3noc(-c4cccc(-c5nsc(-c6cccc(-c7nc(C)no7)c6)n5)c4)n3)c2)s1. The summed E-state index contributed by atoms with van der Waals surface area (Å²) in [5.41, 5.74) is 5.20. The number of aryl methyl sites for hydroxylation is 2. The minimum atomic E-state index is 0.415. The third kappa shape index (κ3) is 5.74. The van der Waals surface area contributed by atoms with Crippen LogP contribution in [0.1, 0.15) is 30.6 Å². The van der Waals surface area contributed by atoms with Crippen molar-refractivity contribution in [1.29, 1.82) is 0 Å². The highest BCUT2D eigenvalue weighted by atomic mass is 32.1. The van der Waals surface area contributed by atoms with E-state index in [-0.39, 0.29) is 0 Å². The number of aromatic nitrogens is 8. The lowest BCUT2D eigenvalue weighted by atomic mass is 10.1. The molecular weight excluding hydrogens is 581 g/mol.